The summed E-state index contributed by atoms with van der Waals surface area (Å²) in [5.41, 5.74) is 2.85. The number of hydrogen-bond acceptors (Lipinski definition) is 7. The molecule has 0 atom stereocenters. The van der Waals surface area contributed by atoms with Crippen LogP contribution in [0.2, 0.25) is 0 Å². The van der Waals surface area contributed by atoms with E-state index in [0.717, 1.165) is 21.9 Å². The molecule has 0 radical (unpaired) electrons. The molecule has 5 nitrogen and oxygen atoms in total. The fraction of sp³-hybridized carbons (Fsp3) is 0.136. The number of aryl methyl sites for hydroxylation is 1. The second-order valence-electron chi connectivity index (χ2n) is 6.46. The van der Waals surface area contributed by atoms with E-state index in [1.165, 1.54) is 34.8 Å². The Kier molecular flexibility index (Phi) is 6.15. The van der Waals surface area contributed by atoms with Crippen molar-refractivity contribution in [2.45, 2.75) is 20.1 Å². The van der Waals surface area contributed by atoms with Crippen LogP contribution < -0.4 is 4.74 Å². The molecule has 8 heteroatoms. The van der Waals surface area contributed by atoms with Crippen molar-refractivity contribution in [1.82, 2.24) is 9.97 Å². The van der Waals surface area contributed by atoms with Crippen LogP contribution in [0.15, 0.2) is 59.3 Å². The van der Waals surface area contributed by atoms with Crippen LogP contribution in [-0.2, 0) is 18.0 Å². The fourth-order valence-electron chi connectivity index (χ4n) is 2.56. The Morgan fingerprint density at radius 1 is 0.967 bits per heavy atom. The number of aromatic nitrogens is 2. The maximum Gasteiger partial charge on any atom is 0.358 e. The molecule has 0 saturated heterocycles. The largest absolute Gasteiger partial charge is 0.486 e. The first-order chi connectivity index (χ1) is 14.6. The highest BCUT2D eigenvalue weighted by Crippen LogP contribution is 2.24. The topological polar surface area (TPSA) is 61.3 Å². The maximum atomic E-state index is 13.0. The quantitative estimate of drug-likeness (QED) is 0.348. The lowest BCUT2D eigenvalue weighted by Crippen LogP contribution is -2.06. The first-order valence-electron chi connectivity index (χ1n) is 9.08. The number of thiazole rings is 2. The number of carbonyl (C=O) groups excluding carboxylic acids is 1. The Morgan fingerprint density at radius 2 is 1.73 bits per heavy atom. The van der Waals surface area contributed by atoms with Crippen molar-refractivity contribution < 1.29 is 18.7 Å². The second kappa shape index (κ2) is 9.15. The zero-order chi connectivity index (χ0) is 20.9. The van der Waals surface area contributed by atoms with Gasteiger partial charge in [0.15, 0.2) is 5.69 Å². The predicted octanol–water partition coefficient (Wildman–Crippen LogP) is 5.65. The molecule has 0 unspecified atom stereocenters. The molecule has 4 rings (SSSR count). The standard InChI is InChI=1S/C22H17FN2O3S2/c1-14-2-8-18(9-3-14)27-11-20-25-19(13-29-20)22(26)28-10-17-12-30-21(24-17)15-4-6-16(23)7-5-15/h2-9,12-13H,10-11H2,1H3. The number of carbonyl (C=O) groups is 1. The third-order valence-electron chi connectivity index (χ3n) is 4.14. The summed E-state index contributed by atoms with van der Waals surface area (Å²) in [6, 6.07) is 13.8. The van der Waals surface area contributed by atoms with Gasteiger partial charge in [-0.05, 0) is 43.3 Å². The minimum absolute atomic E-state index is 0.0449. The second-order valence-corrected chi connectivity index (χ2v) is 8.26. The van der Waals surface area contributed by atoms with Gasteiger partial charge in [-0.25, -0.2) is 19.2 Å². The van der Waals surface area contributed by atoms with E-state index >= 15 is 0 Å². The Balaban J connectivity index is 1.30. The molecule has 0 amide bonds. The monoisotopic (exact) mass is 440 g/mol. The average molecular weight is 441 g/mol. The Hall–Kier alpha value is -3.10. The number of rotatable bonds is 7. The molecular weight excluding hydrogens is 423 g/mol. The van der Waals surface area contributed by atoms with Crippen LogP contribution in [0, 0.1) is 12.7 Å². The van der Waals surface area contributed by atoms with E-state index in [4.69, 9.17) is 9.47 Å². The molecule has 0 bridgehead atoms. The lowest BCUT2D eigenvalue weighted by molar-refractivity contribution is 0.0462. The van der Waals surface area contributed by atoms with E-state index in [9.17, 15) is 9.18 Å². The molecule has 0 saturated carbocycles. The molecule has 0 aliphatic carbocycles. The lowest BCUT2D eigenvalue weighted by atomic mass is 10.2. The van der Waals surface area contributed by atoms with Crippen LogP contribution >= 0.6 is 22.7 Å². The van der Waals surface area contributed by atoms with Gasteiger partial charge in [-0.2, -0.15) is 0 Å². The smallest absolute Gasteiger partial charge is 0.358 e. The van der Waals surface area contributed by atoms with Crippen molar-refractivity contribution in [3.8, 4) is 16.3 Å². The maximum absolute atomic E-state index is 13.0. The van der Waals surface area contributed by atoms with Crippen LogP contribution in [-0.4, -0.2) is 15.9 Å². The molecule has 0 N–H and O–H groups in total. The van der Waals surface area contributed by atoms with Crippen LogP contribution in [0.3, 0.4) is 0 Å². The number of halogens is 1. The highest BCUT2D eigenvalue weighted by atomic mass is 32.1. The summed E-state index contributed by atoms with van der Waals surface area (Å²) < 4.78 is 24.0. The number of nitrogens with zero attached hydrogens (tertiary/aromatic N) is 2. The average Bonchev–Trinajstić information content (AvgIpc) is 3.42. The van der Waals surface area contributed by atoms with E-state index in [1.807, 2.05) is 36.6 Å². The first-order valence-corrected chi connectivity index (χ1v) is 10.8. The molecular formula is C22H17FN2O3S2. The summed E-state index contributed by atoms with van der Waals surface area (Å²) in [6.45, 7) is 2.34. The Morgan fingerprint density at radius 3 is 2.50 bits per heavy atom. The fourth-order valence-corrected chi connectivity index (χ4v) is 4.05. The molecule has 4 aromatic rings. The van der Waals surface area contributed by atoms with Crippen molar-refractivity contribution in [3.63, 3.8) is 0 Å². The van der Waals surface area contributed by atoms with E-state index in [-0.39, 0.29) is 24.7 Å². The number of benzene rings is 2. The van der Waals surface area contributed by atoms with E-state index in [2.05, 4.69) is 9.97 Å². The van der Waals surface area contributed by atoms with Crippen LogP contribution in [0.1, 0.15) is 26.8 Å². The van der Waals surface area contributed by atoms with Gasteiger partial charge in [0.05, 0.1) is 5.69 Å². The molecule has 0 fully saturated rings. The van der Waals surface area contributed by atoms with Gasteiger partial charge in [0.25, 0.3) is 0 Å². The van der Waals surface area contributed by atoms with Gasteiger partial charge in [0, 0.05) is 16.3 Å². The normalized spacial score (nSPS) is 10.7. The van der Waals surface area contributed by atoms with Gasteiger partial charge < -0.3 is 9.47 Å². The predicted molar refractivity (Wildman–Crippen MR) is 114 cm³/mol. The van der Waals surface area contributed by atoms with Crippen molar-refractivity contribution in [2.75, 3.05) is 0 Å². The molecule has 30 heavy (non-hydrogen) atoms. The van der Waals surface area contributed by atoms with Gasteiger partial charge in [0.2, 0.25) is 0 Å². The van der Waals surface area contributed by atoms with E-state index in [1.54, 1.807) is 17.5 Å². The van der Waals surface area contributed by atoms with Crippen molar-refractivity contribution >= 4 is 28.6 Å². The third-order valence-corrected chi connectivity index (χ3v) is 5.90. The molecule has 0 spiro atoms. The zero-order valence-electron chi connectivity index (χ0n) is 16.0. The molecule has 152 valence electrons. The summed E-state index contributed by atoms with van der Waals surface area (Å²) >= 11 is 2.75. The highest BCUT2D eigenvalue weighted by Gasteiger charge is 2.14. The van der Waals surface area contributed by atoms with Gasteiger partial charge in [-0.1, -0.05) is 17.7 Å². The van der Waals surface area contributed by atoms with Crippen LogP contribution in [0.4, 0.5) is 4.39 Å². The van der Waals surface area contributed by atoms with Crippen LogP contribution in [0.25, 0.3) is 10.6 Å². The van der Waals surface area contributed by atoms with Crippen molar-refractivity contribution in [3.05, 3.63) is 87.1 Å². The van der Waals surface area contributed by atoms with Gasteiger partial charge in [-0.15, -0.1) is 22.7 Å². The van der Waals surface area contributed by atoms with E-state index in [0.29, 0.717) is 10.7 Å². The van der Waals surface area contributed by atoms with Crippen molar-refractivity contribution in [2.24, 2.45) is 0 Å². The van der Waals surface area contributed by atoms with Crippen molar-refractivity contribution in [1.29, 1.82) is 0 Å². The summed E-state index contributed by atoms with van der Waals surface area (Å²) in [4.78, 5) is 21.0. The summed E-state index contributed by atoms with van der Waals surface area (Å²) in [5, 5.41) is 4.90. The summed E-state index contributed by atoms with van der Waals surface area (Å²) in [5.74, 6) is -0.0547. The number of hydrogen-bond donors (Lipinski definition) is 0. The number of ether oxygens (including phenoxy) is 2. The van der Waals surface area contributed by atoms with Gasteiger partial charge in [0.1, 0.15) is 34.8 Å². The molecule has 0 aliphatic rings. The lowest BCUT2D eigenvalue weighted by Gasteiger charge is -2.04. The molecule has 2 aromatic heterocycles. The van der Waals surface area contributed by atoms with E-state index < -0.39 is 5.97 Å². The Bertz CT molecular complexity index is 1140. The number of esters is 1. The minimum Gasteiger partial charge on any atom is -0.486 e. The summed E-state index contributed by atoms with van der Waals surface area (Å²) in [6.07, 6.45) is 0. The highest BCUT2D eigenvalue weighted by molar-refractivity contribution is 7.13. The van der Waals surface area contributed by atoms with Gasteiger partial charge in [-0.3, -0.25) is 0 Å². The first kappa shape index (κ1) is 20.2. The third kappa shape index (κ3) is 5.08. The Labute approximate surface area is 180 Å². The van der Waals surface area contributed by atoms with Gasteiger partial charge >= 0.3 is 5.97 Å². The molecule has 2 heterocycles. The summed E-state index contributed by atoms with van der Waals surface area (Å²) in [7, 11) is 0. The van der Waals surface area contributed by atoms with Crippen LogP contribution in [0.5, 0.6) is 5.75 Å². The minimum atomic E-state index is -0.510. The SMILES string of the molecule is Cc1ccc(OCc2nc(C(=O)OCc3csc(-c4ccc(F)cc4)n3)cs2)cc1. The zero-order valence-corrected chi connectivity index (χ0v) is 17.6. The molecule has 2 aromatic carbocycles. The molecule has 0 aliphatic heterocycles.